The van der Waals surface area contributed by atoms with Crippen LogP contribution in [-0.2, 0) is 0 Å². The normalized spacial score (nSPS) is 35.1. The lowest BCUT2D eigenvalue weighted by Crippen LogP contribution is -2.49. The van der Waals surface area contributed by atoms with Crippen LogP contribution < -0.4 is 0 Å². The van der Waals surface area contributed by atoms with Crippen LogP contribution in [0.4, 0.5) is 0 Å². The van der Waals surface area contributed by atoms with Gasteiger partial charge in [-0.2, -0.15) is 0 Å². The van der Waals surface area contributed by atoms with Gasteiger partial charge in [0.05, 0.1) is 7.25 Å². The van der Waals surface area contributed by atoms with E-state index in [2.05, 4.69) is 25.7 Å². The molecule has 1 saturated carbocycles. The van der Waals surface area contributed by atoms with Gasteiger partial charge in [-0.15, -0.1) is 11.8 Å². The minimum Gasteiger partial charge on any atom is -0.364 e. The average molecular weight is 184 g/mol. The Bertz CT molecular complexity index is 260. The molecular formula is C10H17NS. The van der Waals surface area contributed by atoms with Crippen molar-refractivity contribution in [2.45, 2.75) is 39.7 Å². The highest BCUT2D eigenvalue weighted by Gasteiger charge is 2.42. The van der Waals surface area contributed by atoms with Gasteiger partial charge >= 0.3 is 0 Å². The van der Waals surface area contributed by atoms with Crippen molar-refractivity contribution in [2.75, 3.05) is 5.88 Å². The summed E-state index contributed by atoms with van der Waals surface area (Å²) < 4.78 is 7.92. The topological polar surface area (TPSA) is 3.24 Å². The first kappa shape index (κ1) is 7.31. The fourth-order valence-corrected chi connectivity index (χ4v) is 2.79. The van der Waals surface area contributed by atoms with Crippen molar-refractivity contribution in [1.29, 1.82) is 0 Å². The van der Waals surface area contributed by atoms with Gasteiger partial charge in [-0.1, -0.05) is 13.8 Å². The minimum absolute atomic E-state index is 0.428. The molecule has 2 aliphatic rings. The first-order valence-electron chi connectivity index (χ1n) is 5.09. The van der Waals surface area contributed by atoms with E-state index in [9.17, 15) is 0 Å². The minimum atomic E-state index is 0.428. The van der Waals surface area contributed by atoms with E-state index in [1.54, 1.807) is 0 Å². The van der Waals surface area contributed by atoms with Crippen molar-refractivity contribution in [2.24, 2.45) is 5.41 Å². The summed E-state index contributed by atoms with van der Waals surface area (Å²) in [5.74, 6) is 0.999. The fourth-order valence-electron chi connectivity index (χ4n) is 2.03. The second-order valence-corrected chi connectivity index (χ2v) is 5.61. The first-order chi connectivity index (χ1) is 6.02. The van der Waals surface area contributed by atoms with E-state index in [-0.39, 0.29) is 0 Å². The van der Waals surface area contributed by atoms with Crippen LogP contribution in [-0.4, -0.2) is 16.8 Å². The molecule has 0 amide bonds. The van der Waals surface area contributed by atoms with Gasteiger partial charge in [0.2, 0.25) is 0 Å². The standard InChI is InChI=1S/C10H17NS/c1-8-6-11(7-12-8)9-4-5-10(9,2)3/h6,9H,4-5,7H2,1-3H3/t9-/m1/s1/i6D. The van der Waals surface area contributed by atoms with Crippen molar-refractivity contribution in [1.82, 2.24) is 4.90 Å². The van der Waals surface area contributed by atoms with E-state index >= 15 is 0 Å². The van der Waals surface area contributed by atoms with E-state index < -0.39 is 0 Å². The Hall–Kier alpha value is -0.110. The highest BCUT2D eigenvalue weighted by atomic mass is 32.2. The van der Waals surface area contributed by atoms with Gasteiger partial charge < -0.3 is 4.90 Å². The summed E-state index contributed by atoms with van der Waals surface area (Å²) in [5, 5.41) is 0. The molecule has 12 heavy (non-hydrogen) atoms. The third-order valence-electron chi connectivity index (χ3n) is 3.06. The van der Waals surface area contributed by atoms with E-state index in [1.165, 1.54) is 17.7 Å². The first-order valence-corrected chi connectivity index (χ1v) is 5.58. The molecule has 0 bridgehead atoms. The smallest absolute Gasteiger partial charge is 0.0823 e. The van der Waals surface area contributed by atoms with Gasteiger partial charge in [0.1, 0.15) is 0 Å². The van der Waals surface area contributed by atoms with Crippen LogP contribution in [0, 0.1) is 5.41 Å². The Balaban J connectivity index is 2.12. The van der Waals surface area contributed by atoms with Crippen molar-refractivity contribution in [3.05, 3.63) is 11.1 Å². The summed E-state index contributed by atoms with van der Waals surface area (Å²) in [7, 11) is 0. The van der Waals surface area contributed by atoms with Gasteiger partial charge in [0, 0.05) is 12.2 Å². The van der Waals surface area contributed by atoms with Crippen LogP contribution in [0.2, 0.25) is 0 Å². The molecule has 0 radical (unpaired) electrons. The van der Waals surface area contributed by atoms with E-state index in [0.717, 1.165) is 12.1 Å². The van der Waals surface area contributed by atoms with Gasteiger partial charge in [0.15, 0.2) is 0 Å². The molecule has 0 saturated heterocycles. The van der Waals surface area contributed by atoms with Crippen LogP contribution in [0.15, 0.2) is 11.1 Å². The lowest BCUT2D eigenvalue weighted by atomic mass is 9.67. The Labute approximate surface area is 80.6 Å². The summed E-state index contributed by atoms with van der Waals surface area (Å²) >= 11 is 1.81. The van der Waals surface area contributed by atoms with Crippen molar-refractivity contribution < 1.29 is 1.37 Å². The van der Waals surface area contributed by atoms with Crippen LogP contribution in [0.5, 0.6) is 0 Å². The second kappa shape index (κ2) is 2.69. The molecule has 0 unspecified atom stereocenters. The molecule has 1 heterocycles. The van der Waals surface area contributed by atoms with Crippen molar-refractivity contribution in [3.8, 4) is 0 Å². The molecule has 1 nitrogen and oxygen atoms in total. The van der Waals surface area contributed by atoms with E-state index in [0.29, 0.717) is 11.5 Å². The average Bonchev–Trinajstić information content (AvgIpc) is 2.35. The van der Waals surface area contributed by atoms with Crippen molar-refractivity contribution >= 4 is 11.8 Å². The Morgan fingerprint density at radius 2 is 2.50 bits per heavy atom. The van der Waals surface area contributed by atoms with Crippen LogP contribution >= 0.6 is 11.8 Å². The maximum Gasteiger partial charge on any atom is 0.0823 e. The van der Waals surface area contributed by atoms with Gasteiger partial charge in [-0.3, -0.25) is 0 Å². The summed E-state index contributed by atoms with van der Waals surface area (Å²) in [6.45, 7) is 6.68. The molecule has 1 aliphatic heterocycles. The highest BCUT2D eigenvalue weighted by Crippen LogP contribution is 2.45. The Kier molecular flexibility index (Phi) is 1.64. The summed E-state index contributed by atoms with van der Waals surface area (Å²) in [6, 6.07) is 0.616. The third-order valence-corrected chi connectivity index (χ3v) is 3.99. The van der Waals surface area contributed by atoms with Crippen molar-refractivity contribution in [3.63, 3.8) is 0 Å². The third kappa shape index (κ3) is 1.26. The van der Waals surface area contributed by atoms with E-state index in [1.807, 2.05) is 11.8 Å². The number of thioether (sulfide) groups is 1. The van der Waals surface area contributed by atoms with Crippen LogP contribution in [0.25, 0.3) is 0 Å². The lowest BCUT2D eigenvalue weighted by Gasteiger charge is -2.49. The fraction of sp³-hybridized carbons (Fsp3) is 0.800. The maximum atomic E-state index is 7.92. The molecule has 1 aliphatic carbocycles. The predicted octanol–water partition coefficient (Wildman–Crippen LogP) is 3.04. The molecule has 68 valence electrons. The Morgan fingerprint density at radius 1 is 1.75 bits per heavy atom. The largest absolute Gasteiger partial charge is 0.364 e. The molecule has 0 aromatic heterocycles. The molecule has 2 heteroatoms. The number of nitrogens with zero attached hydrogens (tertiary/aromatic N) is 1. The summed E-state index contributed by atoms with van der Waals surface area (Å²) in [5.41, 5.74) is 0.428. The number of allylic oxidation sites excluding steroid dienone is 1. The van der Waals surface area contributed by atoms with Gasteiger partial charge in [-0.05, 0) is 30.1 Å². The SMILES string of the molecule is [2H]C1=C(C)SCN1[C@@H]1CCC1(C)C. The van der Waals surface area contributed by atoms with Crippen LogP contribution in [0.1, 0.15) is 35.0 Å². The number of rotatable bonds is 1. The predicted molar refractivity (Wildman–Crippen MR) is 54.9 cm³/mol. The van der Waals surface area contributed by atoms with Gasteiger partial charge in [-0.25, -0.2) is 0 Å². The molecule has 1 atom stereocenters. The maximum absolute atomic E-state index is 7.92. The van der Waals surface area contributed by atoms with Crippen LogP contribution in [0.3, 0.4) is 0 Å². The lowest BCUT2D eigenvalue weighted by molar-refractivity contribution is 0.0412. The molecular weight excluding hydrogens is 166 g/mol. The monoisotopic (exact) mass is 184 g/mol. The summed E-state index contributed by atoms with van der Waals surface area (Å²) in [4.78, 5) is 3.45. The molecule has 0 spiro atoms. The number of hydrogen-bond donors (Lipinski definition) is 0. The molecule has 0 N–H and O–H groups in total. The zero-order valence-electron chi connectivity index (χ0n) is 9.05. The molecule has 0 aromatic rings. The quantitative estimate of drug-likeness (QED) is 0.616. The highest BCUT2D eigenvalue weighted by molar-refractivity contribution is 8.03. The molecule has 0 aromatic carbocycles. The molecule has 1 fully saturated rings. The summed E-state index contributed by atoms with van der Waals surface area (Å²) in [6.07, 6.45) is 3.34. The number of hydrogen-bond acceptors (Lipinski definition) is 2. The zero-order valence-corrected chi connectivity index (χ0v) is 8.87. The molecule has 2 rings (SSSR count). The zero-order chi connectivity index (χ0) is 9.64. The van der Waals surface area contributed by atoms with Gasteiger partial charge in [0.25, 0.3) is 0 Å². The Morgan fingerprint density at radius 3 is 2.83 bits per heavy atom. The second-order valence-electron chi connectivity index (χ2n) is 4.45. The van der Waals surface area contributed by atoms with E-state index in [4.69, 9.17) is 1.37 Å².